The number of benzene rings is 1. The summed E-state index contributed by atoms with van der Waals surface area (Å²) in [6, 6.07) is 5.45. The molecule has 0 spiro atoms. The Kier molecular flexibility index (Phi) is 4.97. The molecule has 1 unspecified atom stereocenters. The maximum atomic E-state index is 12.0. The molecule has 0 aliphatic heterocycles. The van der Waals surface area contributed by atoms with Crippen molar-refractivity contribution >= 4 is 11.6 Å². The van der Waals surface area contributed by atoms with Gasteiger partial charge in [-0.3, -0.25) is 4.79 Å². The molecule has 4 heteroatoms. The Morgan fingerprint density at radius 1 is 1.53 bits per heavy atom. The van der Waals surface area contributed by atoms with E-state index >= 15 is 0 Å². The van der Waals surface area contributed by atoms with Crippen LogP contribution >= 0.6 is 0 Å². The Labute approximate surface area is 102 Å². The molecule has 94 valence electrons. The van der Waals surface area contributed by atoms with Gasteiger partial charge in [-0.15, -0.1) is 0 Å². The third kappa shape index (κ3) is 3.75. The van der Waals surface area contributed by atoms with E-state index in [1.807, 2.05) is 13.8 Å². The van der Waals surface area contributed by atoms with E-state index in [9.17, 15) is 4.79 Å². The molecule has 0 fully saturated rings. The minimum absolute atomic E-state index is 0.0848. The molecular weight excluding hydrogens is 216 g/mol. The molecule has 0 aromatic heterocycles. The maximum absolute atomic E-state index is 12.0. The van der Waals surface area contributed by atoms with Crippen LogP contribution in [0.4, 0.5) is 5.69 Å². The molecule has 1 rings (SSSR count). The van der Waals surface area contributed by atoms with Crippen LogP contribution < -0.4 is 11.1 Å². The van der Waals surface area contributed by atoms with E-state index in [0.717, 1.165) is 12.0 Å². The van der Waals surface area contributed by atoms with E-state index in [1.54, 1.807) is 25.3 Å². The molecule has 0 bridgehead atoms. The molecule has 4 nitrogen and oxygen atoms in total. The third-order valence-electron chi connectivity index (χ3n) is 2.75. The van der Waals surface area contributed by atoms with Gasteiger partial charge in [0.2, 0.25) is 0 Å². The summed E-state index contributed by atoms with van der Waals surface area (Å²) in [5, 5.41) is 2.92. The van der Waals surface area contributed by atoms with E-state index in [4.69, 9.17) is 10.5 Å². The van der Waals surface area contributed by atoms with Gasteiger partial charge in [0.15, 0.2) is 0 Å². The van der Waals surface area contributed by atoms with Gasteiger partial charge in [0, 0.05) is 31.0 Å². The number of hydrogen-bond acceptors (Lipinski definition) is 3. The van der Waals surface area contributed by atoms with Crippen molar-refractivity contribution < 1.29 is 9.53 Å². The summed E-state index contributed by atoms with van der Waals surface area (Å²) in [7, 11) is 1.65. The van der Waals surface area contributed by atoms with Gasteiger partial charge in [0.25, 0.3) is 5.91 Å². The summed E-state index contributed by atoms with van der Waals surface area (Å²) >= 11 is 0. The number of nitrogens with two attached hydrogens (primary N) is 1. The fourth-order valence-corrected chi connectivity index (χ4v) is 1.57. The molecule has 17 heavy (non-hydrogen) atoms. The van der Waals surface area contributed by atoms with Crippen molar-refractivity contribution in [3.63, 3.8) is 0 Å². The second-order valence-electron chi connectivity index (χ2n) is 4.18. The Morgan fingerprint density at radius 3 is 2.88 bits per heavy atom. The molecule has 3 N–H and O–H groups in total. The maximum Gasteiger partial charge on any atom is 0.251 e. The van der Waals surface area contributed by atoms with Gasteiger partial charge in [0.1, 0.15) is 0 Å². The SMILES string of the molecule is COCCC(C)NC(=O)c1cccc(N)c1C. The zero-order chi connectivity index (χ0) is 12.8. The van der Waals surface area contributed by atoms with Crippen LogP contribution in [-0.4, -0.2) is 25.7 Å². The number of nitrogen functional groups attached to an aromatic ring is 1. The molecule has 0 aliphatic rings. The molecule has 0 radical (unpaired) electrons. The lowest BCUT2D eigenvalue weighted by atomic mass is 10.1. The van der Waals surface area contributed by atoms with Gasteiger partial charge in [-0.25, -0.2) is 0 Å². The van der Waals surface area contributed by atoms with E-state index in [0.29, 0.717) is 17.9 Å². The van der Waals surface area contributed by atoms with E-state index in [1.165, 1.54) is 0 Å². The number of amides is 1. The summed E-state index contributed by atoms with van der Waals surface area (Å²) < 4.78 is 4.97. The van der Waals surface area contributed by atoms with Crippen molar-refractivity contribution in [2.45, 2.75) is 26.3 Å². The quantitative estimate of drug-likeness (QED) is 0.765. The standard InChI is InChI=1S/C13H20N2O2/c1-9(7-8-17-3)15-13(16)11-5-4-6-12(14)10(11)2/h4-6,9H,7-8,14H2,1-3H3,(H,15,16). The second-order valence-corrected chi connectivity index (χ2v) is 4.18. The van der Waals surface area contributed by atoms with Gasteiger partial charge in [0.05, 0.1) is 0 Å². The molecule has 1 aromatic carbocycles. The normalized spacial score (nSPS) is 12.2. The number of methoxy groups -OCH3 is 1. The fraction of sp³-hybridized carbons (Fsp3) is 0.462. The van der Waals surface area contributed by atoms with E-state index in [2.05, 4.69) is 5.32 Å². The number of hydrogen-bond donors (Lipinski definition) is 2. The zero-order valence-corrected chi connectivity index (χ0v) is 10.6. The van der Waals surface area contributed by atoms with Crippen LogP contribution in [0.2, 0.25) is 0 Å². The van der Waals surface area contributed by atoms with Crippen molar-refractivity contribution in [3.8, 4) is 0 Å². The Bertz CT molecular complexity index is 391. The van der Waals surface area contributed by atoms with Crippen LogP contribution in [0.15, 0.2) is 18.2 Å². The Hall–Kier alpha value is -1.55. The minimum atomic E-state index is -0.0848. The van der Waals surface area contributed by atoms with Gasteiger partial charge >= 0.3 is 0 Å². The fourth-order valence-electron chi connectivity index (χ4n) is 1.57. The molecule has 1 amide bonds. The number of carbonyl (C=O) groups excluding carboxylic acids is 1. The molecule has 0 aliphatic carbocycles. The van der Waals surface area contributed by atoms with Gasteiger partial charge < -0.3 is 15.8 Å². The van der Waals surface area contributed by atoms with Crippen LogP contribution in [0.25, 0.3) is 0 Å². The number of carbonyl (C=O) groups is 1. The largest absolute Gasteiger partial charge is 0.398 e. The molecular formula is C13H20N2O2. The van der Waals surface area contributed by atoms with Crippen LogP contribution in [0.5, 0.6) is 0 Å². The zero-order valence-electron chi connectivity index (χ0n) is 10.6. The van der Waals surface area contributed by atoms with Crippen LogP contribution in [0.3, 0.4) is 0 Å². The lowest BCUT2D eigenvalue weighted by molar-refractivity contribution is 0.0929. The summed E-state index contributed by atoms with van der Waals surface area (Å²) in [4.78, 5) is 12.0. The van der Waals surface area contributed by atoms with Crippen LogP contribution in [0.1, 0.15) is 29.3 Å². The predicted molar refractivity (Wildman–Crippen MR) is 69.0 cm³/mol. The van der Waals surface area contributed by atoms with E-state index < -0.39 is 0 Å². The molecule has 1 atom stereocenters. The predicted octanol–water partition coefficient (Wildman–Crippen LogP) is 1.73. The summed E-state index contributed by atoms with van der Waals surface area (Å²) in [6.45, 7) is 4.44. The lowest BCUT2D eigenvalue weighted by Crippen LogP contribution is -2.33. The average molecular weight is 236 g/mol. The lowest BCUT2D eigenvalue weighted by Gasteiger charge is -2.15. The first kappa shape index (κ1) is 13.5. The molecule has 0 saturated heterocycles. The average Bonchev–Trinajstić information content (AvgIpc) is 2.29. The smallest absolute Gasteiger partial charge is 0.251 e. The van der Waals surface area contributed by atoms with Crippen molar-refractivity contribution in [1.82, 2.24) is 5.32 Å². The number of nitrogens with one attached hydrogen (secondary N) is 1. The Morgan fingerprint density at radius 2 is 2.24 bits per heavy atom. The van der Waals surface area contributed by atoms with Gasteiger partial charge in [-0.1, -0.05) is 6.07 Å². The first-order valence-electron chi connectivity index (χ1n) is 5.71. The Balaban J connectivity index is 2.67. The first-order valence-corrected chi connectivity index (χ1v) is 5.71. The highest BCUT2D eigenvalue weighted by molar-refractivity contribution is 5.97. The van der Waals surface area contributed by atoms with E-state index in [-0.39, 0.29) is 11.9 Å². The monoisotopic (exact) mass is 236 g/mol. The van der Waals surface area contributed by atoms with Gasteiger partial charge in [-0.2, -0.15) is 0 Å². The highest BCUT2D eigenvalue weighted by Gasteiger charge is 2.12. The van der Waals surface area contributed by atoms with Crippen LogP contribution in [-0.2, 0) is 4.74 Å². The highest BCUT2D eigenvalue weighted by Crippen LogP contribution is 2.15. The number of rotatable bonds is 5. The summed E-state index contributed by atoms with van der Waals surface area (Å²) in [6.07, 6.45) is 0.795. The number of ether oxygens (including phenoxy) is 1. The third-order valence-corrected chi connectivity index (χ3v) is 2.75. The van der Waals surface area contributed by atoms with Crippen molar-refractivity contribution in [2.75, 3.05) is 19.5 Å². The molecule has 1 aromatic rings. The molecule has 0 saturated carbocycles. The van der Waals surface area contributed by atoms with Gasteiger partial charge in [-0.05, 0) is 38.0 Å². The van der Waals surface area contributed by atoms with Crippen molar-refractivity contribution in [2.24, 2.45) is 0 Å². The summed E-state index contributed by atoms with van der Waals surface area (Å²) in [5.41, 5.74) is 7.87. The van der Waals surface area contributed by atoms with Crippen molar-refractivity contribution in [3.05, 3.63) is 29.3 Å². The van der Waals surface area contributed by atoms with Crippen molar-refractivity contribution in [1.29, 1.82) is 0 Å². The molecule has 0 heterocycles. The number of anilines is 1. The second kappa shape index (κ2) is 6.25. The topological polar surface area (TPSA) is 64.3 Å². The highest BCUT2D eigenvalue weighted by atomic mass is 16.5. The minimum Gasteiger partial charge on any atom is -0.398 e. The van der Waals surface area contributed by atoms with Crippen LogP contribution in [0, 0.1) is 6.92 Å². The summed E-state index contributed by atoms with van der Waals surface area (Å²) in [5.74, 6) is -0.0848. The first-order chi connectivity index (χ1) is 8.06.